The van der Waals surface area contributed by atoms with Gasteiger partial charge in [-0.05, 0) is 130 Å². The van der Waals surface area contributed by atoms with Gasteiger partial charge in [0.1, 0.15) is 48.8 Å². The van der Waals surface area contributed by atoms with E-state index >= 15 is 4.79 Å². The average molecular weight is 1030 g/mol. The third-order valence-electron chi connectivity index (χ3n) is 20.5. The van der Waals surface area contributed by atoms with Crippen molar-refractivity contribution in [1.82, 2.24) is 5.32 Å². The van der Waals surface area contributed by atoms with Crippen LogP contribution in [-0.4, -0.2) is 176 Å². The third kappa shape index (κ3) is 9.55. The predicted molar refractivity (Wildman–Crippen MR) is 258 cm³/mol. The molecule has 72 heavy (non-hydrogen) atoms. The van der Waals surface area contributed by atoms with Gasteiger partial charge in [0.15, 0.2) is 18.7 Å². The first-order valence-electron chi connectivity index (χ1n) is 27.0. The Morgan fingerprint density at radius 1 is 0.764 bits per heavy atom. The number of esters is 1. The normalized spacial score (nSPS) is 50.0. The van der Waals surface area contributed by atoms with E-state index in [1.807, 2.05) is 0 Å². The number of allylic oxidation sites excluding steroid dienone is 2. The van der Waals surface area contributed by atoms with Gasteiger partial charge in [-0.3, -0.25) is 9.59 Å². The first kappa shape index (κ1) is 56.3. The quantitative estimate of drug-likeness (QED) is 0.0666. The molecule has 12 unspecified atom stereocenters. The Balaban J connectivity index is 1.08. The molecule has 23 atom stereocenters. The molecule has 0 aromatic heterocycles. The monoisotopic (exact) mass is 1020 g/mol. The van der Waals surface area contributed by atoms with Crippen LogP contribution in [0.5, 0.6) is 0 Å². The summed E-state index contributed by atoms with van der Waals surface area (Å²) < 4.78 is 36.5. The summed E-state index contributed by atoms with van der Waals surface area (Å²) in [5, 5.41) is 102. The van der Waals surface area contributed by atoms with Gasteiger partial charge < -0.3 is 85.4 Å². The van der Waals surface area contributed by atoms with Crippen LogP contribution in [-0.2, 0) is 38.0 Å². The van der Waals surface area contributed by atoms with E-state index < -0.39 is 121 Å². The molecule has 12 N–H and O–H groups in total. The minimum Gasteiger partial charge on any atom is -0.432 e. The largest absolute Gasteiger partial charge is 0.432 e. The molecule has 3 saturated heterocycles. The zero-order valence-corrected chi connectivity index (χ0v) is 43.6. The number of nitrogens with two attached hydrogens (primary N) is 1. The fraction of sp³-hybridized carbons (Fsp3) is 0.925. The van der Waals surface area contributed by atoms with Gasteiger partial charge in [-0.1, -0.05) is 59.6 Å². The third-order valence-corrected chi connectivity index (χ3v) is 20.5. The molecule has 3 aliphatic heterocycles. The maximum atomic E-state index is 15.5. The number of hydrogen-bond acceptors (Lipinski definition) is 18. The Labute approximate surface area is 424 Å². The highest BCUT2D eigenvalue weighted by Crippen LogP contribution is 2.76. The fourth-order valence-electron chi connectivity index (χ4n) is 15.7. The van der Waals surface area contributed by atoms with Crippen LogP contribution in [0.1, 0.15) is 138 Å². The van der Waals surface area contributed by atoms with Crippen LogP contribution < -0.4 is 11.1 Å². The lowest BCUT2D eigenvalue weighted by Crippen LogP contribution is -2.68. The molecule has 0 bridgehead atoms. The van der Waals surface area contributed by atoms with Crippen molar-refractivity contribution >= 4 is 11.9 Å². The van der Waals surface area contributed by atoms with Crippen LogP contribution in [0.25, 0.3) is 0 Å². The van der Waals surface area contributed by atoms with Gasteiger partial charge in [0.25, 0.3) is 0 Å². The first-order chi connectivity index (χ1) is 33.9. The molecular weight excluding hydrogens is 937 g/mol. The Morgan fingerprint density at radius 3 is 2.15 bits per heavy atom. The highest BCUT2D eigenvalue weighted by Gasteiger charge is 2.70. The van der Waals surface area contributed by atoms with E-state index in [0.29, 0.717) is 45.1 Å². The number of carbonyl (C=O) groups is 2. The summed E-state index contributed by atoms with van der Waals surface area (Å²) in [6.45, 7) is 14.6. The number of hydrogen-bond donors (Lipinski definition) is 11. The van der Waals surface area contributed by atoms with E-state index in [4.69, 9.17) is 34.2 Å². The summed E-state index contributed by atoms with van der Waals surface area (Å²) in [7, 11) is 0. The van der Waals surface area contributed by atoms with E-state index in [1.54, 1.807) is 0 Å². The Bertz CT molecular complexity index is 1960. The van der Waals surface area contributed by atoms with Crippen LogP contribution in [0.15, 0.2) is 11.6 Å². The number of fused-ring (bicyclic) bond motifs is 7. The maximum Gasteiger partial charge on any atom is 0.315 e. The number of carbonyl (C=O) groups excluding carboxylic acids is 2. The van der Waals surface area contributed by atoms with Crippen LogP contribution >= 0.6 is 0 Å². The van der Waals surface area contributed by atoms with E-state index in [0.717, 1.165) is 44.9 Å². The molecule has 412 valence electrons. The number of amides is 1. The van der Waals surface area contributed by atoms with Crippen molar-refractivity contribution in [3.05, 3.63) is 11.6 Å². The van der Waals surface area contributed by atoms with Crippen molar-refractivity contribution in [2.75, 3.05) is 26.4 Å². The minimum absolute atomic E-state index is 0.0676. The van der Waals surface area contributed by atoms with Crippen molar-refractivity contribution in [2.24, 2.45) is 56.0 Å². The van der Waals surface area contributed by atoms with Gasteiger partial charge in [-0.25, -0.2) is 0 Å². The maximum absolute atomic E-state index is 15.5. The number of aliphatic hydroxyl groups excluding tert-OH is 9. The SMILES string of the molecule is CC1OC(OC2C(O)[C@@H](NC(=O)CCCCCN)C(CO)O[C@H]2OC(=O)[C@]23CCC(C)(C)CC2C2=CCC4C5(C)CC[C@H](O)[C@](C)(CO)[C@@H]5CC[C@@]4(C)[C@]2(C)CC3)C(O)C(O)[C@H]1O[C@@H]1OC[C@@H](O)C(O)C1O. The number of aliphatic hydroxyl groups is 9. The number of rotatable bonds is 14. The lowest BCUT2D eigenvalue weighted by Gasteiger charge is -2.71. The molecule has 5 aliphatic carbocycles. The van der Waals surface area contributed by atoms with Gasteiger partial charge in [0.2, 0.25) is 12.2 Å². The van der Waals surface area contributed by atoms with Gasteiger partial charge in [0.05, 0.1) is 43.5 Å². The molecule has 1 amide bonds. The molecule has 0 aromatic carbocycles. The first-order valence-corrected chi connectivity index (χ1v) is 27.0. The Kier molecular flexibility index (Phi) is 16.5. The van der Waals surface area contributed by atoms with E-state index in [2.05, 4.69) is 52.9 Å². The molecular formula is C53H88N2O17. The molecule has 0 aromatic rings. The van der Waals surface area contributed by atoms with Gasteiger partial charge in [0, 0.05) is 11.8 Å². The van der Waals surface area contributed by atoms with Crippen molar-refractivity contribution in [3.63, 3.8) is 0 Å². The van der Waals surface area contributed by atoms with Crippen molar-refractivity contribution < 1.29 is 84.0 Å². The summed E-state index contributed by atoms with van der Waals surface area (Å²) in [5.74, 6) is -0.770. The van der Waals surface area contributed by atoms with Crippen molar-refractivity contribution in [2.45, 2.75) is 230 Å². The fourth-order valence-corrected chi connectivity index (χ4v) is 15.7. The van der Waals surface area contributed by atoms with Crippen LogP contribution in [0.2, 0.25) is 0 Å². The molecule has 8 rings (SSSR count). The molecule has 3 heterocycles. The predicted octanol–water partition coefficient (Wildman–Crippen LogP) is 1.42. The van der Waals surface area contributed by atoms with Crippen molar-refractivity contribution in [3.8, 4) is 0 Å². The second kappa shape index (κ2) is 21.1. The summed E-state index contributed by atoms with van der Waals surface area (Å²) in [6.07, 6.45) is -9.14. The van der Waals surface area contributed by atoms with Gasteiger partial charge in [-0.15, -0.1) is 0 Å². The summed E-state index contributed by atoms with van der Waals surface area (Å²) in [5.41, 5.74) is 4.64. The van der Waals surface area contributed by atoms with Crippen LogP contribution in [0.4, 0.5) is 0 Å². The topological polar surface area (TPSA) is 310 Å². The minimum atomic E-state index is -1.88. The second-order valence-electron chi connectivity index (χ2n) is 25.0. The Hall–Kier alpha value is -1.92. The van der Waals surface area contributed by atoms with E-state index in [1.165, 1.54) is 12.5 Å². The highest BCUT2D eigenvalue weighted by atomic mass is 16.8. The Morgan fingerprint density at radius 2 is 1.46 bits per heavy atom. The van der Waals surface area contributed by atoms with Gasteiger partial charge in [-0.2, -0.15) is 0 Å². The smallest absolute Gasteiger partial charge is 0.315 e. The molecule has 0 spiro atoms. The van der Waals surface area contributed by atoms with E-state index in [9.17, 15) is 50.8 Å². The molecule has 7 fully saturated rings. The summed E-state index contributed by atoms with van der Waals surface area (Å²) >= 11 is 0. The number of ether oxygens (including phenoxy) is 6. The molecule has 19 nitrogen and oxygen atoms in total. The van der Waals surface area contributed by atoms with Crippen LogP contribution in [0.3, 0.4) is 0 Å². The number of unbranched alkanes of at least 4 members (excludes halogenated alkanes) is 2. The molecule has 0 radical (unpaired) electrons. The standard InChI is InChI=1S/C53H88N2O17/c1-27-42(70-44-40(64)37(61)30(58)25-67-44)39(63)41(65)45(68-27)71-43-38(62)36(55-35(60)11-9-8-10-22-54)31(24-56)69-46(43)72-47(66)53-20-18-48(2,3)23-29(53)28-12-13-33-49(4)16-15-34(59)50(5,26-57)32(49)14-17-52(33,7)51(28,6)19-21-53/h12,27,29-34,36-46,56-59,61-65H,8-11,13-26,54H2,1-7H3,(H,55,60)/t27?,29?,30-,31?,32-,33?,34+,36+,37?,38?,39?,40?,41?,42+,43?,44+,45?,46+,49?,50-,51-,52-,53+/m1/s1. The van der Waals surface area contributed by atoms with E-state index in [-0.39, 0.29) is 59.0 Å². The lowest BCUT2D eigenvalue weighted by atomic mass is 9.33. The summed E-state index contributed by atoms with van der Waals surface area (Å²) in [4.78, 5) is 28.9. The molecule has 8 aliphatic rings. The van der Waals surface area contributed by atoms with Gasteiger partial charge >= 0.3 is 5.97 Å². The summed E-state index contributed by atoms with van der Waals surface area (Å²) in [6, 6.07) is -1.28. The molecule has 4 saturated carbocycles. The second-order valence-corrected chi connectivity index (χ2v) is 25.0. The zero-order chi connectivity index (χ0) is 52.5. The number of nitrogens with one attached hydrogen (secondary N) is 1. The molecule has 19 heteroatoms. The van der Waals surface area contributed by atoms with Crippen LogP contribution in [0, 0.1) is 50.2 Å². The van der Waals surface area contributed by atoms with Crippen molar-refractivity contribution in [1.29, 1.82) is 0 Å². The highest BCUT2D eigenvalue weighted by molar-refractivity contribution is 5.79. The lowest BCUT2D eigenvalue weighted by molar-refractivity contribution is -0.369. The zero-order valence-electron chi connectivity index (χ0n) is 43.6. The average Bonchev–Trinajstić information content (AvgIpc) is 3.33.